The molecule has 1 aromatic carbocycles. The molecule has 1 aromatic heterocycles. The predicted octanol–water partition coefficient (Wildman–Crippen LogP) is 5.57. The largest absolute Gasteiger partial charge is 0.453 e. The average molecular weight is 437 g/mol. The van der Waals surface area contributed by atoms with Gasteiger partial charge in [-0.25, -0.2) is 0 Å². The van der Waals surface area contributed by atoms with Gasteiger partial charge in [0.2, 0.25) is 0 Å². The van der Waals surface area contributed by atoms with Gasteiger partial charge in [0.15, 0.2) is 4.67 Å². The Kier molecular flexibility index (Phi) is 5.10. The Bertz CT molecular complexity index is 947. The minimum Gasteiger partial charge on any atom is -0.453 e. The lowest BCUT2D eigenvalue weighted by Gasteiger charge is -2.38. The van der Waals surface area contributed by atoms with E-state index in [0.717, 1.165) is 56.0 Å². The van der Waals surface area contributed by atoms with Crippen molar-refractivity contribution in [1.82, 2.24) is 9.80 Å². The maximum Gasteiger partial charge on any atom is 0.169 e. The average Bonchev–Trinajstić information content (AvgIpc) is 3.06. The van der Waals surface area contributed by atoms with Crippen molar-refractivity contribution in [3.05, 3.63) is 87.8 Å². The standard InChI is InChI=1S/C24H25BrN2O/c25-24-12-10-19(28-24)17-26-13-15-27(16-14-26)23-11-9-18-5-1-2-6-20(18)21-7-3-4-8-22(21)23/h1,3-5,7-12,23H,2,6,13-17H2. The van der Waals surface area contributed by atoms with Crippen molar-refractivity contribution in [2.75, 3.05) is 26.2 Å². The van der Waals surface area contributed by atoms with Gasteiger partial charge in [0.25, 0.3) is 0 Å². The van der Waals surface area contributed by atoms with Gasteiger partial charge in [-0.2, -0.15) is 0 Å². The second-order valence-electron chi connectivity index (χ2n) is 7.78. The van der Waals surface area contributed by atoms with Crippen molar-refractivity contribution in [2.45, 2.75) is 25.4 Å². The van der Waals surface area contributed by atoms with Crippen LogP contribution in [0.1, 0.15) is 35.8 Å². The molecule has 2 aliphatic carbocycles. The Morgan fingerprint density at radius 2 is 1.86 bits per heavy atom. The quantitative estimate of drug-likeness (QED) is 0.626. The maximum atomic E-state index is 5.68. The van der Waals surface area contributed by atoms with E-state index >= 15 is 0 Å². The second-order valence-corrected chi connectivity index (χ2v) is 8.57. The van der Waals surface area contributed by atoms with E-state index in [1.807, 2.05) is 6.07 Å². The number of rotatable bonds is 3. The molecule has 28 heavy (non-hydrogen) atoms. The van der Waals surface area contributed by atoms with Crippen LogP contribution in [0.25, 0.3) is 5.57 Å². The van der Waals surface area contributed by atoms with Gasteiger partial charge < -0.3 is 4.42 Å². The first-order chi connectivity index (χ1) is 13.8. The number of allylic oxidation sites excluding steroid dienone is 5. The van der Waals surface area contributed by atoms with Crippen LogP contribution in [0.15, 0.2) is 75.4 Å². The lowest BCUT2D eigenvalue weighted by atomic mass is 9.89. The van der Waals surface area contributed by atoms with Gasteiger partial charge >= 0.3 is 0 Å². The summed E-state index contributed by atoms with van der Waals surface area (Å²) in [6, 6.07) is 13.4. The first kappa shape index (κ1) is 18.2. The van der Waals surface area contributed by atoms with Crippen LogP contribution in [0.2, 0.25) is 0 Å². The molecule has 144 valence electrons. The highest BCUT2D eigenvalue weighted by Gasteiger charge is 2.28. The minimum atomic E-state index is 0.357. The molecule has 0 spiro atoms. The van der Waals surface area contributed by atoms with Crippen LogP contribution in [0, 0.1) is 0 Å². The molecule has 1 fully saturated rings. The van der Waals surface area contributed by atoms with Crippen LogP contribution >= 0.6 is 15.9 Å². The summed E-state index contributed by atoms with van der Waals surface area (Å²) in [6.07, 6.45) is 11.7. The Morgan fingerprint density at radius 3 is 2.68 bits per heavy atom. The van der Waals surface area contributed by atoms with E-state index in [2.05, 4.69) is 80.4 Å². The molecule has 1 atom stereocenters. The lowest BCUT2D eigenvalue weighted by molar-refractivity contribution is 0.102. The van der Waals surface area contributed by atoms with Crippen molar-refractivity contribution < 1.29 is 4.42 Å². The van der Waals surface area contributed by atoms with Crippen LogP contribution in [0.3, 0.4) is 0 Å². The zero-order valence-corrected chi connectivity index (χ0v) is 17.6. The molecule has 2 aromatic rings. The fraction of sp³-hybridized carbons (Fsp3) is 0.333. The fourth-order valence-corrected chi connectivity index (χ4v) is 4.97. The molecule has 0 bridgehead atoms. The van der Waals surface area contributed by atoms with Crippen molar-refractivity contribution in [1.29, 1.82) is 0 Å². The van der Waals surface area contributed by atoms with Gasteiger partial charge in [-0.05, 0) is 63.2 Å². The van der Waals surface area contributed by atoms with Crippen LogP contribution in [-0.2, 0) is 6.54 Å². The molecule has 1 aliphatic heterocycles. The van der Waals surface area contributed by atoms with Crippen LogP contribution in [-0.4, -0.2) is 36.0 Å². The number of benzene rings is 1. The van der Waals surface area contributed by atoms with Crippen molar-refractivity contribution in [3.8, 4) is 0 Å². The molecule has 0 saturated carbocycles. The SMILES string of the molecule is Brc1ccc(CN2CCN(C3C=CC4=C(CCC=C4)c4ccccc43)CC2)o1. The predicted molar refractivity (Wildman–Crippen MR) is 117 cm³/mol. The van der Waals surface area contributed by atoms with Gasteiger partial charge in [0, 0.05) is 26.2 Å². The monoisotopic (exact) mass is 436 g/mol. The maximum absolute atomic E-state index is 5.68. The molecule has 0 amide bonds. The van der Waals surface area contributed by atoms with Crippen LogP contribution in [0.5, 0.6) is 0 Å². The smallest absolute Gasteiger partial charge is 0.169 e. The number of piperazine rings is 1. The van der Waals surface area contributed by atoms with Crippen molar-refractivity contribution in [3.63, 3.8) is 0 Å². The van der Waals surface area contributed by atoms with Gasteiger partial charge in [0.05, 0.1) is 12.6 Å². The topological polar surface area (TPSA) is 19.6 Å². The summed E-state index contributed by atoms with van der Waals surface area (Å²) in [5.74, 6) is 1.03. The molecule has 3 aliphatic rings. The van der Waals surface area contributed by atoms with Crippen molar-refractivity contribution >= 4 is 21.5 Å². The van der Waals surface area contributed by atoms with Gasteiger partial charge in [-0.1, -0.05) is 48.6 Å². The van der Waals surface area contributed by atoms with E-state index in [1.165, 1.54) is 22.3 Å². The number of furan rings is 1. The van der Waals surface area contributed by atoms with Crippen molar-refractivity contribution in [2.24, 2.45) is 0 Å². The number of nitrogens with zero attached hydrogens (tertiary/aromatic N) is 2. The Morgan fingerprint density at radius 1 is 1.00 bits per heavy atom. The first-order valence-corrected chi connectivity index (χ1v) is 10.9. The summed E-state index contributed by atoms with van der Waals surface area (Å²) in [7, 11) is 0. The molecule has 0 N–H and O–H groups in total. The molecular weight excluding hydrogens is 412 g/mol. The van der Waals surface area contributed by atoms with Gasteiger partial charge in [-0.3, -0.25) is 9.80 Å². The molecule has 1 unspecified atom stereocenters. The second kappa shape index (κ2) is 7.86. The highest BCUT2D eigenvalue weighted by Crippen LogP contribution is 2.39. The summed E-state index contributed by atoms with van der Waals surface area (Å²) in [4.78, 5) is 5.12. The molecule has 1 saturated heterocycles. The van der Waals surface area contributed by atoms with E-state index in [9.17, 15) is 0 Å². The normalized spacial score (nSPS) is 22.8. The van der Waals surface area contributed by atoms with E-state index < -0.39 is 0 Å². The number of fused-ring (bicyclic) bond motifs is 2. The number of hydrogen-bond acceptors (Lipinski definition) is 3. The van der Waals surface area contributed by atoms with E-state index in [4.69, 9.17) is 4.42 Å². The Hall–Kier alpha value is -1.88. The highest BCUT2D eigenvalue weighted by molar-refractivity contribution is 9.10. The van der Waals surface area contributed by atoms with E-state index in [0.29, 0.717) is 6.04 Å². The third-order valence-electron chi connectivity index (χ3n) is 6.08. The third kappa shape index (κ3) is 3.57. The zero-order valence-electron chi connectivity index (χ0n) is 16.0. The summed E-state index contributed by atoms with van der Waals surface area (Å²) in [5.41, 5.74) is 5.81. The zero-order chi connectivity index (χ0) is 18.9. The molecule has 4 heteroatoms. The van der Waals surface area contributed by atoms with E-state index in [1.54, 1.807) is 0 Å². The van der Waals surface area contributed by atoms with Crippen LogP contribution in [0.4, 0.5) is 0 Å². The summed E-state index contributed by atoms with van der Waals surface area (Å²) in [6.45, 7) is 5.17. The number of hydrogen-bond donors (Lipinski definition) is 0. The summed E-state index contributed by atoms with van der Waals surface area (Å²) >= 11 is 3.40. The third-order valence-corrected chi connectivity index (χ3v) is 6.50. The Labute approximate surface area is 175 Å². The van der Waals surface area contributed by atoms with Gasteiger partial charge in [0.1, 0.15) is 5.76 Å². The number of halogens is 1. The van der Waals surface area contributed by atoms with Crippen LogP contribution < -0.4 is 0 Å². The first-order valence-electron chi connectivity index (χ1n) is 10.2. The molecule has 5 rings (SSSR count). The molecule has 3 nitrogen and oxygen atoms in total. The Balaban J connectivity index is 1.34. The molecule has 0 radical (unpaired) electrons. The molecular formula is C24H25BrN2O. The van der Waals surface area contributed by atoms with Gasteiger partial charge in [-0.15, -0.1) is 0 Å². The lowest BCUT2D eigenvalue weighted by Crippen LogP contribution is -2.46. The minimum absolute atomic E-state index is 0.357. The molecule has 2 heterocycles. The highest BCUT2D eigenvalue weighted by atomic mass is 79.9. The summed E-state index contributed by atoms with van der Waals surface area (Å²) < 4.78 is 6.50. The summed E-state index contributed by atoms with van der Waals surface area (Å²) in [5, 5.41) is 0. The van der Waals surface area contributed by atoms with E-state index in [-0.39, 0.29) is 0 Å². The fourth-order valence-electron chi connectivity index (χ4n) is 4.63.